The van der Waals surface area contributed by atoms with E-state index in [-0.39, 0.29) is 18.1 Å². The zero-order valence-corrected chi connectivity index (χ0v) is 21.9. The average molecular weight is 614 g/mol. The SMILES string of the molecule is CC(=O)N[C@@H](Cc1ccc(OP(=O)(O)O)cc1)C(=O)N[C@@H](C)c1nc(Cc2ccc(I)cc2)no1. The Bertz CT molecular complexity index is 1210. The Morgan fingerprint density at radius 2 is 1.71 bits per heavy atom. The van der Waals surface area contributed by atoms with E-state index in [0.717, 1.165) is 9.13 Å². The van der Waals surface area contributed by atoms with E-state index in [2.05, 4.69) is 47.9 Å². The number of carbonyl (C=O) groups is 2. The molecule has 1 aromatic heterocycles. The number of amides is 2. The summed E-state index contributed by atoms with van der Waals surface area (Å²) in [6.45, 7) is 2.99. The van der Waals surface area contributed by atoms with E-state index in [1.165, 1.54) is 19.1 Å². The minimum Gasteiger partial charge on any atom is -0.404 e. The normalized spacial score (nSPS) is 13.1. The molecule has 0 aliphatic carbocycles. The summed E-state index contributed by atoms with van der Waals surface area (Å²) in [5, 5.41) is 9.36. The molecule has 0 unspecified atom stereocenters. The van der Waals surface area contributed by atoms with Crippen LogP contribution in [-0.2, 0) is 27.0 Å². The van der Waals surface area contributed by atoms with Crippen LogP contribution in [-0.4, -0.2) is 37.8 Å². The van der Waals surface area contributed by atoms with Gasteiger partial charge < -0.3 is 19.7 Å². The maximum Gasteiger partial charge on any atom is 0.524 e. The van der Waals surface area contributed by atoms with Gasteiger partial charge in [0.05, 0.1) is 0 Å². The van der Waals surface area contributed by atoms with Crippen molar-refractivity contribution in [2.75, 3.05) is 0 Å². The molecule has 3 rings (SSSR count). The number of nitrogens with one attached hydrogen (secondary N) is 2. The molecule has 1 heterocycles. The number of halogens is 1. The molecule has 0 radical (unpaired) electrons. The van der Waals surface area contributed by atoms with Crippen LogP contribution in [0.4, 0.5) is 0 Å². The molecule has 0 saturated carbocycles. The van der Waals surface area contributed by atoms with Crippen LogP contribution >= 0.6 is 30.4 Å². The highest BCUT2D eigenvalue weighted by Gasteiger charge is 2.24. The summed E-state index contributed by atoms with van der Waals surface area (Å²) < 4.78 is 21.9. The third kappa shape index (κ3) is 8.73. The van der Waals surface area contributed by atoms with Gasteiger partial charge in [0.2, 0.25) is 17.7 Å². The highest BCUT2D eigenvalue weighted by atomic mass is 127. The van der Waals surface area contributed by atoms with Gasteiger partial charge in [-0.15, -0.1) is 0 Å². The molecule has 4 N–H and O–H groups in total. The number of carbonyl (C=O) groups excluding carboxylic acids is 2. The highest BCUT2D eigenvalue weighted by molar-refractivity contribution is 14.1. The van der Waals surface area contributed by atoms with Crippen molar-refractivity contribution in [3.8, 4) is 5.75 Å². The predicted molar refractivity (Wildman–Crippen MR) is 133 cm³/mol. The van der Waals surface area contributed by atoms with Gasteiger partial charge in [0.1, 0.15) is 17.8 Å². The lowest BCUT2D eigenvalue weighted by molar-refractivity contribution is -0.128. The van der Waals surface area contributed by atoms with Crippen molar-refractivity contribution < 1.29 is 33.0 Å². The molecule has 2 atom stereocenters. The van der Waals surface area contributed by atoms with E-state index in [1.807, 2.05) is 24.3 Å². The minimum atomic E-state index is -4.67. The van der Waals surface area contributed by atoms with Crippen molar-refractivity contribution in [3.63, 3.8) is 0 Å². The van der Waals surface area contributed by atoms with Gasteiger partial charge >= 0.3 is 7.82 Å². The van der Waals surface area contributed by atoms with E-state index >= 15 is 0 Å². The fraction of sp³-hybridized carbons (Fsp3) is 0.273. The van der Waals surface area contributed by atoms with Gasteiger partial charge in [0.25, 0.3) is 0 Å². The molecule has 3 aromatic rings. The first kappa shape index (κ1) is 26.8. The van der Waals surface area contributed by atoms with E-state index in [9.17, 15) is 14.2 Å². The summed E-state index contributed by atoms with van der Waals surface area (Å²) in [6, 6.07) is 12.3. The number of rotatable bonds is 10. The van der Waals surface area contributed by atoms with E-state index < -0.39 is 31.7 Å². The number of nitrogens with zero attached hydrogens (tertiary/aromatic N) is 2. The summed E-state index contributed by atoms with van der Waals surface area (Å²) in [6.07, 6.45) is 0.619. The molecule has 186 valence electrons. The van der Waals surface area contributed by atoms with E-state index in [4.69, 9.17) is 14.3 Å². The second-order valence-corrected chi connectivity index (χ2v) is 10.2. The van der Waals surface area contributed by atoms with Crippen LogP contribution in [0.1, 0.15) is 42.7 Å². The molecule has 13 heteroatoms. The summed E-state index contributed by atoms with van der Waals surface area (Å²) in [5.41, 5.74) is 1.67. The van der Waals surface area contributed by atoms with Crippen molar-refractivity contribution in [1.82, 2.24) is 20.8 Å². The molecule has 0 saturated heterocycles. The minimum absolute atomic E-state index is 0.0198. The molecular formula is C22H24IN4O7P. The predicted octanol–water partition coefficient (Wildman–Crippen LogP) is 2.66. The maximum absolute atomic E-state index is 12.9. The lowest BCUT2D eigenvalue weighted by atomic mass is 10.0. The van der Waals surface area contributed by atoms with Crippen molar-refractivity contribution in [2.45, 2.75) is 38.8 Å². The van der Waals surface area contributed by atoms with Gasteiger partial charge in [-0.1, -0.05) is 29.4 Å². The van der Waals surface area contributed by atoms with Crippen LogP contribution in [0.2, 0.25) is 0 Å². The van der Waals surface area contributed by atoms with Crippen LogP contribution in [0.5, 0.6) is 5.75 Å². The molecule has 2 aromatic carbocycles. The smallest absolute Gasteiger partial charge is 0.404 e. The fourth-order valence-corrected chi connectivity index (χ4v) is 3.95. The Morgan fingerprint density at radius 1 is 1.09 bits per heavy atom. The Balaban J connectivity index is 1.63. The topological polar surface area (TPSA) is 164 Å². The van der Waals surface area contributed by atoms with Crippen LogP contribution in [0, 0.1) is 3.57 Å². The Kier molecular flexibility index (Phi) is 9.00. The zero-order chi connectivity index (χ0) is 25.6. The van der Waals surface area contributed by atoms with Gasteiger partial charge in [0.15, 0.2) is 5.82 Å². The van der Waals surface area contributed by atoms with Crippen molar-refractivity contribution >= 4 is 42.2 Å². The molecule has 0 aliphatic rings. The Labute approximate surface area is 215 Å². The maximum atomic E-state index is 12.9. The van der Waals surface area contributed by atoms with Gasteiger partial charge in [-0.25, -0.2) is 4.57 Å². The number of hydrogen-bond donors (Lipinski definition) is 4. The standard InChI is InChI=1S/C22H24IN4O7P/c1-13(22-26-20(27-33-22)12-16-3-7-17(23)8-4-16)24-21(29)19(25-14(2)28)11-15-5-9-18(10-6-15)34-35(30,31)32/h3-10,13,19H,11-12H2,1-2H3,(H,24,29)(H,25,28)(H2,30,31,32)/t13-,19-/m0/s1. The fourth-order valence-electron chi connectivity index (χ4n) is 3.19. The van der Waals surface area contributed by atoms with Crippen LogP contribution in [0.25, 0.3) is 0 Å². The summed E-state index contributed by atoms with van der Waals surface area (Å²) in [7, 11) is -4.67. The van der Waals surface area contributed by atoms with Gasteiger partial charge in [-0.3, -0.25) is 19.4 Å². The number of benzene rings is 2. The number of hydrogen-bond acceptors (Lipinski definition) is 7. The first-order valence-corrected chi connectivity index (χ1v) is 13.1. The number of aromatic nitrogens is 2. The van der Waals surface area contributed by atoms with E-state index in [1.54, 1.807) is 19.1 Å². The molecule has 0 fully saturated rings. The second-order valence-electron chi connectivity index (χ2n) is 7.77. The lowest BCUT2D eigenvalue weighted by Crippen LogP contribution is -2.48. The molecule has 35 heavy (non-hydrogen) atoms. The zero-order valence-electron chi connectivity index (χ0n) is 18.8. The molecule has 0 bridgehead atoms. The summed E-state index contributed by atoms with van der Waals surface area (Å²) in [4.78, 5) is 46.7. The Hall–Kier alpha value is -2.80. The quantitative estimate of drug-likeness (QED) is 0.199. The summed E-state index contributed by atoms with van der Waals surface area (Å²) in [5.74, 6) is -0.149. The molecule has 0 aliphatic heterocycles. The average Bonchev–Trinajstić information content (AvgIpc) is 3.23. The van der Waals surface area contributed by atoms with Crippen LogP contribution in [0.3, 0.4) is 0 Å². The highest BCUT2D eigenvalue weighted by Crippen LogP contribution is 2.37. The molecule has 2 amide bonds. The number of phosphoric ester groups is 1. The summed E-state index contributed by atoms with van der Waals surface area (Å²) >= 11 is 2.23. The van der Waals surface area contributed by atoms with Gasteiger partial charge in [-0.2, -0.15) is 4.98 Å². The third-order valence-corrected chi connectivity index (χ3v) is 5.94. The van der Waals surface area contributed by atoms with Crippen molar-refractivity contribution in [3.05, 3.63) is 74.9 Å². The van der Waals surface area contributed by atoms with Crippen molar-refractivity contribution in [2.24, 2.45) is 0 Å². The van der Waals surface area contributed by atoms with Gasteiger partial charge in [0, 0.05) is 23.3 Å². The number of phosphoric acid groups is 1. The second kappa shape index (κ2) is 11.8. The monoisotopic (exact) mass is 614 g/mol. The molecule has 0 spiro atoms. The molecular weight excluding hydrogens is 590 g/mol. The van der Waals surface area contributed by atoms with Crippen LogP contribution in [0.15, 0.2) is 53.1 Å². The third-order valence-electron chi connectivity index (χ3n) is 4.77. The van der Waals surface area contributed by atoms with E-state index in [0.29, 0.717) is 17.8 Å². The van der Waals surface area contributed by atoms with Gasteiger partial charge in [-0.05, 0) is 64.9 Å². The lowest BCUT2D eigenvalue weighted by Gasteiger charge is -2.19. The Morgan fingerprint density at radius 3 is 2.31 bits per heavy atom. The first-order chi connectivity index (χ1) is 16.5. The van der Waals surface area contributed by atoms with Crippen LogP contribution < -0.4 is 15.2 Å². The molecule has 11 nitrogen and oxygen atoms in total. The largest absolute Gasteiger partial charge is 0.524 e. The van der Waals surface area contributed by atoms with Crippen molar-refractivity contribution in [1.29, 1.82) is 0 Å². The first-order valence-electron chi connectivity index (χ1n) is 10.5.